The Labute approximate surface area is 301 Å². The average molecular weight is 667 g/mol. The molecule has 0 unspecified atom stereocenters. The zero-order valence-electron chi connectivity index (χ0n) is 28.7. The Morgan fingerprint density at radius 2 is 1.06 bits per heavy atom. The second-order valence-electron chi connectivity index (χ2n) is 14.3. The minimum Gasteiger partial charge on any atom is -0.247 e. The summed E-state index contributed by atoms with van der Waals surface area (Å²) in [4.78, 5) is 9.06. The Morgan fingerprint density at radius 1 is 0.500 bits per heavy atom. The van der Waals surface area contributed by atoms with E-state index in [0.29, 0.717) is 5.69 Å². The molecule has 3 heteroatoms. The Hall–Kier alpha value is -6.63. The Bertz CT molecular complexity index is 3000. The molecule has 2 nitrogen and oxygen atoms in total. The first kappa shape index (κ1) is 30.2. The molecule has 0 radical (unpaired) electrons. The number of hydrogen-bond donors (Lipinski definition) is 0. The summed E-state index contributed by atoms with van der Waals surface area (Å²) in [5, 5.41) is 8.19. The van der Waals surface area contributed by atoms with Crippen molar-refractivity contribution >= 4 is 48.9 Å². The Balaban J connectivity index is 1.16. The van der Waals surface area contributed by atoms with Gasteiger partial charge in [0.05, 0.1) is 17.8 Å². The molecule has 8 aromatic carbocycles. The van der Waals surface area contributed by atoms with E-state index in [0.717, 1.165) is 66.3 Å². The molecule has 0 saturated heterocycles. The third-order valence-electron chi connectivity index (χ3n) is 11.1. The van der Waals surface area contributed by atoms with Gasteiger partial charge in [-0.1, -0.05) is 135 Å². The van der Waals surface area contributed by atoms with Gasteiger partial charge in [-0.2, -0.15) is 0 Å². The molecular weight excluding hydrogens is 636 g/mol. The van der Waals surface area contributed by atoms with Gasteiger partial charge in [-0.25, -0.2) is 14.2 Å². The normalized spacial score (nSPS) is 13.0. The lowest BCUT2D eigenvalue weighted by molar-refractivity contribution is 0.609. The van der Waals surface area contributed by atoms with Crippen molar-refractivity contribution in [2.24, 2.45) is 0 Å². The molecule has 52 heavy (non-hydrogen) atoms. The van der Waals surface area contributed by atoms with E-state index in [1.165, 1.54) is 32.7 Å². The SMILES string of the molecule is [C-]#[N+]c1ccc(-c2nc3cc(-c4cccc(-c5ccc6c(c5)C(C)(C)c5cc(F)ccc5-6)c4)ccc3c3c4ccccc4c4ccccc4c23)cc1. The van der Waals surface area contributed by atoms with Crippen LogP contribution in [0.15, 0.2) is 152 Å². The predicted molar refractivity (Wildman–Crippen MR) is 214 cm³/mol. The fourth-order valence-corrected chi connectivity index (χ4v) is 8.53. The molecule has 0 fully saturated rings. The van der Waals surface area contributed by atoms with Crippen molar-refractivity contribution in [1.82, 2.24) is 4.98 Å². The van der Waals surface area contributed by atoms with E-state index in [2.05, 4.69) is 128 Å². The van der Waals surface area contributed by atoms with E-state index in [9.17, 15) is 4.39 Å². The topological polar surface area (TPSA) is 17.2 Å². The van der Waals surface area contributed by atoms with Crippen LogP contribution in [-0.2, 0) is 5.41 Å². The third-order valence-corrected chi connectivity index (χ3v) is 11.1. The number of pyridine rings is 1. The molecule has 0 atom stereocenters. The molecule has 0 N–H and O–H groups in total. The summed E-state index contributed by atoms with van der Waals surface area (Å²) in [6, 6.07) is 52.2. The number of rotatable bonds is 3. The van der Waals surface area contributed by atoms with Gasteiger partial charge in [0.25, 0.3) is 0 Å². The van der Waals surface area contributed by atoms with Crippen LogP contribution in [0.2, 0.25) is 0 Å². The standard InChI is InChI=1S/C49H31FN2/c1-49(2)43-26-32(17-22-38(43)39-24-19-34(50)28-44(39)49)30-9-8-10-31(25-30)33-18-23-42-45(27-33)52-48(29-15-20-35(51-3)21-16-29)47-41-14-7-5-12-37(41)36-11-4-6-13-40(36)46(42)47/h4-28H,1-2H3. The van der Waals surface area contributed by atoms with Crippen LogP contribution >= 0.6 is 0 Å². The van der Waals surface area contributed by atoms with Crippen LogP contribution in [0, 0.1) is 12.4 Å². The highest BCUT2D eigenvalue weighted by Gasteiger charge is 2.36. The lowest BCUT2D eigenvalue weighted by Gasteiger charge is -2.22. The van der Waals surface area contributed by atoms with E-state index in [-0.39, 0.29) is 11.2 Å². The maximum absolute atomic E-state index is 14.3. The first-order valence-electron chi connectivity index (χ1n) is 17.6. The molecule has 10 rings (SSSR count). The van der Waals surface area contributed by atoms with Gasteiger partial charge < -0.3 is 0 Å². The summed E-state index contributed by atoms with van der Waals surface area (Å²) in [5.41, 5.74) is 12.1. The van der Waals surface area contributed by atoms with E-state index in [1.54, 1.807) is 12.1 Å². The maximum atomic E-state index is 14.3. The summed E-state index contributed by atoms with van der Waals surface area (Å²) >= 11 is 0. The second kappa shape index (κ2) is 11.2. The Kier molecular flexibility index (Phi) is 6.50. The van der Waals surface area contributed by atoms with Crippen LogP contribution in [0.25, 0.3) is 92.7 Å². The predicted octanol–water partition coefficient (Wildman–Crippen LogP) is 13.7. The monoisotopic (exact) mass is 666 g/mol. The molecule has 0 bridgehead atoms. The van der Waals surface area contributed by atoms with Gasteiger partial charge in [0.2, 0.25) is 0 Å². The van der Waals surface area contributed by atoms with Crippen LogP contribution in [0.4, 0.5) is 10.1 Å². The minimum absolute atomic E-state index is 0.197. The lowest BCUT2D eigenvalue weighted by atomic mass is 9.81. The van der Waals surface area contributed by atoms with Crippen molar-refractivity contribution in [3.8, 4) is 44.6 Å². The van der Waals surface area contributed by atoms with Crippen molar-refractivity contribution in [3.05, 3.63) is 180 Å². The van der Waals surface area contributed by atoms with E-state index in [1.807, 2.05) is 30.3 Å². The van der Waals surface area contributed by atoms with Gasteiger partial charge in [0.1, 0.15) is 5.82 Å². The van der Waals surface area contributed by atoms with Crippen LogP contribution < -0.4 is 0 Å². The van der Waals surface area contributed by atoms with Gasteiger partial charge in [-0.05, 0) is 102 Å². The van der Waals surface area contributed by atoms with Crippen molar-refractivity contribution in [2.75, 3.05) is 0 Å². The lowest BCUT2D eigenvalue weighted by Crippen LogP contribution is -2.15. The molecular formula is C49H31FN2. The molecule has 1 aliphatic rings. The molecule has 0 saturated carbocycles. The van der Waals surface area contributed by atoms with Crippen molar-refractivity contribution < 1.29 is 4.39 Å². The fourth-order valence-electron chi connectivity index (χ4n) is 8.53. The largest absolute Gasteiger partial charge is 0.247 e. The number of halogens is 1. The van der Waals surface area contributed by atoms with Crippen molar-refractivity contribution in [2.45, 2.75) is 19.3 Å². The van der Waals surface area contributed by atoms with Crippen LogP contribution in [-0.4, -0.2) is 4.98 Å². The molecule has 1 heterocycles. The van der Waals surface area contributed by atoms with E-state index < -0.39 is 0 Å². The molecule has 1 aliphatic carbocycles. The number of benzene rings is 8. The van der Waals surface area contributed by atoms with Crippen molar-refractivity contribution in [3.63, 3.8) is 0 Å². The quantitative estimate of drug-likeness (QED) is 0.135. The van der Waals surface area contributed by atoms with Gasteiger partial charge in [-0.15, -0.1) is 0 Å². The first-order chi connectivity index (χ1) is 25.4. The highest BCUT2D eigenvalue weighted by molar-refractivity contribution is 6.33. The highest BCUT2D eigenvalue weighted by atomic mass is 19.1. The zero-order chi connectivity index (χ0) is 35.1. The zero-order valence-corrected chi connectivity index (χ0v) is 28.7. The minimum atomic E-state index is -0.295. The molecule has 9 aromatic rings. The third kappa shape index (κ3) is 4.44. The molecule has 1 aromatic heterocycles. The van der Waals surface area contributed by atoms with Crippen molar-refractivity contribution in [1.29, 1.82) is 0 Å². The fraction of sp³-hybridized carbons (Fsp3) is 0.0612. The van der Waals surface area contributed by atoms with Gasteiger partial charge in [0.15, 0.2) is 5.69 Å². The molecule has 0 aliphatic heterocycles. The van der Waals surface area contributed by atoms with Gasteiger partial charge in [0, 0.05) is 21.6 Å². The number of nitrogens with zero attached hydrogens (tertiary/aromatic N) is 2. The Morgan fingerprint density at radius 3 is 1.75 bits per heavy atom. The summed E-state index contributed by atoms with van der Waals surface area (Å²) in [6.45, 7) is 11.9. The molecule has 244 valence electrons. The van der Waals surface area contributed by atoms with Crippen LogP contribution in [0.5, 0.6) is 0 Å². The average Bonchev–Trinajstić information content (AvgIpc) is 3.41. The second-order valence-corrected chi connectivity index (χ2v) is 14.3. The summed E-state index contributed by atoms with van der Waals surface area (Å²) in [5.74, 6) is -0.197. The van der Waals surface area contributed by atoms with Gasteiger partial charge >= 0.3 is 0 Å². The highest BCUT2D eigenvalue weighted by Crippen LogP contribution is 2.50. The van der Waals surface area contributed by atoms with Crippen LogP contribution in [0.3, 0.4) is 0 Å². The van der Waals surface area contributed by atoms with E-state index in [4.69, 9.17) is 11.6 Å². The number of hydrogen-bond acceptors (Lipinski definition) is 1. The van der Waals surface area contributed by atoms with E-state index >= 15 is 0 Å². The number of fused-ring (bicyclic) bond motifs is 11. The smallest absolute Gasteiger partial charge is 0.187 e. The molecule has 0 amide bonds. The maximum Gasteiger partial charge on any atom is 0.187 e. The first-order valence-corrected chi connectivity index (χ1v) is 17.6. The summed E-state index contributed by atoms with van der Waals surface area (Å²) in [6.07, 6.45) is 0. The number of aromatic nitrogens is 1. The van der Waals surface area contributed by atoms with Gasteiger partial charge in [-0.3, -0.25) is 0 Å². The molecule has 0 spiro atoms. The summed E-state index contributed by atoms with van der Waals surface area (Å²) < 4.78 is 14.3. The van der Waals surface area contributed by atoms with Crippen LogP contribution in [0.1, 0.15) is 25.0 Å². The summed E-state index contributed by atoms with van der Waals surface area (Å²) in [7, 11) is 0.